The average Bonchev–Trinajstić information content (AvgIpc) is 2.13. The van der Waals surface area contributed by atoms with Crippen molar-refractivity contribution >= 4 is 5.91 Å². The topological polar surface area (TPSA) is 20.3 Å². The molecular formula is C13H25NO. The number of carbonyl (C=O) groups is 1. The molecule has 0 bridgehead atoms. The fourth-order valence-corrected chi connectivity index (χ4v) is 1.49. The summed E-state index contributed by atoms with van der Waals surface area (Å²) in [5, 5.41) is 0. The van der Waals surface area contributed by atoms with Gasteiger partial charge < -0.3 is 4.90 Å². The van der Waals surface area contributed by atoms with Gasteiger partial charge in [-0.15, -0.1) is 0 Å². The predicted molar refractivity (Wildman–Crippen MR) is 65.7 cm³/mol. The lowest BCUT2D eigenvalue weighted by molar-refractivity contribution is -0.128. The zero-order valence-electron chi connectivity index (χ0n) is 11.0. The Bertz CT molecular complexity index is 219. The van der Waals surface area contributed by atoms with Crippen molar-refractivity contribution in [3.05, 3.63) is 11.6 Å². The lowest BCUT2D eigenvalue weighted by Gasteiger charge is -2.26. The molecule has 2 heteroatoms. The van der Waals surface area contributed by atoms with Crippen molar-refractivity contribution in [3.8, 4) is 0 Å². The summed E-state index contributed by atoms with van der Waals surface area (Å²) in [6, 6.07) is 0. The van der Waals surface area contributed by atoms with E-state index in [-0.39, 0.29) is 5.91 Å². The van der Waals surface area contributed by atoms with Gasteiger partial charge in [0.15, 0.2) is 0 Å². The predicted octanol–water partition coefficient (Wildman–Crippen LogP) is 3.09. The van der Waals surface area contributed by atoms with Crippen LogP contribution in [0.15, 0.2) is 11.6 Å². The van der Waals surface area contributed by atoms with Crippen molar-refractivity contribution in [2.24, 2.45) is 11.8 Å². The fourth-order valence-electron chi connectivity index (χ4n) is 1.49. The maximum Gasteiger partial charge on any atom is 0.249 e. The molecule has 0 aliphatic heterocycles. The Labute approximate surface area is 94.4 Å². The minimum atomic E-state index is 0.180. The summed E-state index contributed by atoms with van der Waals surface area (Å²) in [7, 11) is 0. The molecule has 0 aromatic carbocycles. The summed E-state index contributed by atoms with van der Waals surface area (Å²) in [5.41, 5.74) is 0.844. The molecule has 0 unspecified atom stereocenters. The summed E-state index contributed by atoms with van der Waals surface area (Å²) in [4.78, 5) is 14.0. The zero-order valence-corrected chi connectivity index (χ0v) is 11.0. The van der Waals surface area contributed by atoms with E-state index in [1.165, 1.54) is 0 Å². The Morgan fingerprint density at radius 2 is 1.53 bits per heavy atom. The standard InChI is InChI=1S/C13H25NO/c1-7-12(6)13(15)14(8-10(2)3)9-11(4)5/h7,10-11H,8-9H2,1-6H3/b12-7-. The molecule has 0 rings (SSSR count). The lowest BCUT2D eigenvalue weighted by atomic mass is 10.1. The molecule has 0 aliphatic rings. The molecular weight excluding hydrogens is 186 g/mol. The molecule has 15 heavy (non-hydrogen) atoms. The van der Waals surface area contributed by atoms with E-state index in [1.807, 2.05) is 24.8 Å². The van der Waals surface area contributed by atoms with Gasteiger partial charge in [0.25, 0.3) is 0 Å². The molecule has 0 radical (unpaired) electrons. The first-order valence-corrected chi connectivity index (χ1v) is 5.80. The van der Waals surface area contributed by atoms with E-state index in [9.17, 15) is 4.79 Å². The summed E-state index contributed by atoms with van der Waals surface area (Å²) >= 11 is 0. The third-order valence-corrected chi connectivity index (χ3v) is 2.23. The smallest absolute Gasteiger partial charge is 0.249 e. The zero-order chi connectivity index (χ0) is 12.0. The molecule has 1 amide bonds. The highest BCUT2D eigenvalue weighted by molar-refractivity contribution is 5.92. The molecule has 0 heterocycles. The van der Waals surface area contributed by atoms with Gasteiger partial charge in [-0.25, -0.2) is 0 Å². The summed E-state index contributed by atoms with van der Waals surface area (Å²) in [5.74, 6) is 1.23. The highest BCUT2D eigenvalue weighted by Crippen LogP contribution is 2.08. The third-order valence-electron chi connectivity index (χ3n) is 2.23. The molecule has 2 nitrogen and oxygen atoms in total. The van der Waals surface area contributed by atoms with Crippen LogP contribution in [0.1, 0.15) is 41.5 Å². The van der Waals surface area contributed by atoms with E-state index in [1.54, 1.807) is 0 Å². The number of allylic oxidation sites excluding steroid dienone is 1. The number of hydrogen-bond donors (Lipinski definition) is 0. The van der Waals surface area contributed by atoms with Crippen molar-refractivity contribution in [1.82, 2.24) is 4.90 Å². The van der Waals surface area contributed by atoms with Crippen molar-refractivity contribution in [1.29, 1.82) is 0 Å². The molecule has 0 atom stereocenters. The van der Waals surface area contributed by atoms with E-state index in [2.05, 4.69) is 27.7 Å². The Balaban J connectivity index is 4.55. The van der Waals surface area contributed by atoms with Crippen LogP contribution in [0.25, 0.3) is 0 Å². The van der Waals surface area contributed by atoms with Crippen LogP contribution in [-0.2, 0) is 4.79 Å². The quantitative estimate of drug-likeness (QED) is 0.640. The molecule has 0 saturated carbocycles. The second-order valence-corrected chi connectivity index (χ2v) is 4.97. The van der Waals surface area contributed by atoms with Gasteiger partial charge in [-0.05, 0) is 25.7 Å². The number of amides is 1. The van der Waals surface area contributed by atoms with Crippen LogP contribution < -0.4 is 0 Å². The summed E-state index contributed by atoms with van der Waals surface area (Å²) in [6.45, 7) is 14.1. The van der Waals surface area contributed by atoms with Gasteiger partial charge in [-0.1, -0.05) is 33.8 Å². The molecule has 0 aliphatic carbocycles. The first-order chi connectivity index (χ1) is 6.88. The fraction of sp³-hybridized carbons (Fsp3) is 0.769. The van der Waals surface area contributed by atoms with Gasteiger partial charge in [0.2, 0.25) is 5.91 Å². The molecule has 0 spiro atoms. The molecule has 0 aromatic rings. The monoisotopic (exact) mass is 211 g/mol. The molecule has 0 saturated heterocycles. The van der Waals surface area contributed by atoms with E-state index in [0.29, 0.717) is 11.8 Å². The Morgan fingerprint density at radius 1 is 1.13 bits per heavy atom. The van der Waals surface area contributed by atoms with Crippen molar-refractivity contribution in [2.45, 2.75) is 41.5 Å². The van der Waals surface area contributed by atoms with Crippen molar-refractivity contribution in [3.63, 3.8) is 0 Å². The van der Waals surface area contributed by atoms with Crippen LogP contribution in [0.2, 0.25) is 0 Å². The minimum absolute atomic E-state index is 0.180. The molecule has 88 valence electrons. The molecule has 0 N–H and O–H groups in total. The molecule has 0 aromatic heterocycles. The van der Waals surface area contributed by atoms with Gasteiger partial charge in [-0.2, -0.15) is 0 Å². The number of carbonyl (C=O) groups excluding carboxylic acids is 1. The third kappa shape index (κ3) is 5.60. The average molecular weight is 211 g/mol. The first-order valence-electron chi connectivity index (χ1n) is 5.80. The number of nitrogens with zero attached hydrogens (tertiary/aromatic N) is 1. The Morgan fingerprint density at radius 3 is 1.80 bits per heavy atom. The maximum atomic E-state index is 12.0. The maximum absolute atomic E-state index is 12.0. The van der Waals surface area contributed by atoms with Gasteiger partial charge in [0, 0.05) is 18.7 Å². The SMILES string of the molecule is C/C=C(/C)C(=O)N(CC(C)C)CC(C)C. The van der Waals surface area contributed by atoms with Crippen LogP contribution in [0.3, 0.4) is 0 Å². The van der Waals surface area contributed by atoms with Crippen LogP contribution in [0.4, 0.5) is 0 Å². The van der Waals surface area contributed by atoms with E-state index in [0.717, 1.165) is 18.7 Å². The van der Waals surface area contributed by atoms with Crippen LogP contribution in [0.5, 0.6) is 0 Å². The van der Waals surface area contributed by atoms with E-state index in [4.69, 9.17) is 0 Å². The highest BCUT2D eigenvalue weighted by atomic mass is 16.2. The van der Waals surface area contributed by atoms with Crippen molar-refractivity contribution < 1.29 is 4.79 Å². The minimum Gasteiger partial charge on any atom is -0.338 e. The highest BCUT2D eigenvalue weighted by Gasteiger charge is 2.16. The van der Waals surface area contributed by atoms with Gasteiger partial charge >= 0.3 is 0 Å². The van der Waals surface area contributed by atoms with Gasteiger partial charge in [-0.3, -0.25) is 4.79 Å². The second-order valence-electron chi connectivity index (χ2n) is 4.97. The van der Waals surface area contributed by atoms with E-state index >= 15 is 0 Å². The Hall–Kier alpha value is -0.790. The normalized spacial score (nSPS) is 12.4. The van der Waals surface area contributed by atoms with E-state index < -0.39 is 0 Å². The summed E-state index contributed by atoms with van der Waals surface area (Å²) < 4.78 is 0. The second kappa shape index (κ2) is 6.65. The lowest BCUT2D eigenvalue weighted by Crippen LogP contribution is -2.37. The Kier molecular flexibility index (Phi) is 6.30. The van der Waals surface area contributed by atoms with Crippen LogP contribution in [-0.4, -0.2) is 23.9 Å². The summed E-state index contributed by atoms with van der Waals surface area (Å²) in [6.07, 6.45) is 1.88. The van der Waals surface area contributed by atoms with Crippen LogP contribution >= 0.6 is 0 Å². The van der Waals surface area contributed by atoms with Crippen LogP contribution in [0, 0.1) is 11.8 Å². The van der Waals surface area contributed by atoms with Gasteiger partial charge in [0.1, 0.15) is 0 Å². The first kappa shape index (κ1) is 14.2. The van der Waals surface area contributed by atoms with Gasteiger partial charge in [0.05, 0.1) is 0 Å². The molecule has 0 fully saturated rings. The largest absolute Gasteiger partial charge is 0.338 e. The number of rotatable bonds is 5. The number of hydrogen-bond acceptors (Lipinski definition) is 1. The van der Waals surface area contributed by atoms with Crippen molar-refractivity contribution in [2.75, 3.05) is 13.1 Å².